The molecule has 4 rings (SSSR count). The molecular formula is C19H18BrFN5O2+. The van der Waals surface area contributed by atoms with E-state index in [-0.39, 0.29) is 24.4 Å². The summed E-state index contributed by atoms with van der Waals surface area (Å²) in [5.41, 5.74) is 1.04. The standard InChI is InChI=1S/C19H17BrFN5O2/c1-3-25-10-13-15(5-4-14(21)17(13)20)28-11(2)8-22-19(27)12-9-23-26-7-6-16(25)24-18(12)26/h4-6,9,11H,3,8,10H2,1-2H3/p+1/t11-/m0/s1. The predicted octanol–water partition coefficient (Wildman–Crippen LogP) is 2.17. The molecule has 144 valence electrons. The van der Waals surface area contributed by atoms with E-state index in [1.807, 2.05) is 18.7 Å². The van der Waals surface area contributed by atoms with Crippen LogP contribution in [0, 0.1) is 5.82 Å². The van der Waals surface area contributed by atoms with Crippen LogP contribution in [-0.2, 0) is 11.3 Å². The van der Waals surface area contributed by atoms with Crippen LogP contribution in [0.4, 0.5) is 4.39 Å². The third-order valence-electron chi connectivity index (χ3n) is 4.61. The lowest BCUT2D eigenvalue weighted by Crippen LogP contribution is -2.35. The second kappa shape index (κ2) is 7.33. The number of nitrogens with zero attached hydrogens (tertiary/aromatic N) is 4. The van der Waals surface area contributed by atoms with Crippen molar-refractivity contribution in [2.75, 3.05) is 13.1 Å². The lowest BCUT2D eigenvalue weighted by atomic mass is 10.1. The molecule has 3 aliphatic heterocycles. The number of nitrogens with one attached hydrogen (secondary N) is 1. The number of halogens is 2. The molecule has 28 heavy (non-hydrogen) atoms. The Morgan fingerprint density at radius 3 is 3.11 bits per heavy atom. The van der Waals surface area contributed by atoms with Gasteiger partial charge in [-0.05, 0) is 46.9 Å². The lowest BCUT2D eigenvalue weighted by Gasteiger charge is -2.24. The van der Waals surface area contributed by atoms with Crippen molar-refractivity contribution < 1.29 is 18.6 Å². The highest BCUT2D eigenvalue weighted by atomic mass is 79.9. The Labute approximate surface area is 169 Å². The molecule has 1 aromatic rings. The summed E-state index contributed by atoms with van der Waals surface area (Å²) >= 11 is 3.35. The Kier molecular flexibility index (Phi) is 4.87. The van der Waals surface area contributed by atoms with Gasteiger partial charge in [-0.1, -0.05) is 9.79 Å². The van der Waals surface area contributed by atoms with Crippen LogP contribution in [0.25, 0.3) is 0 Å². The van der Waals surface area contributed by atoms with E-state index >= 15 is 0 Å². The van der Waals surface area contributed by atoms with Crippen LogP contribution in [0.1, 0.15) is 19.4 Å². The summed E-state index contributed by atoms with van der Waals surface area (Å²) in [6.45, 7) is 5.09. The van der Waals surface area contributed by atoms with Crippen LogP contribution in [0.3, 0.4) is 0 Å². The van der Waals surface area contributed by atoms with Crippen molar-refractivity contribution in [1.29, 1.82) is 0 Å². The maximum Gasteiger partial charge on any atom is 0.373 e. The van der Waals surface area contributed by atoms with Crippen molar-refractivity contribution in [3.05, 3.63) is 45.5 Å². The highest BCUT2D eigenvalue weighted by Gasteiger charge is 2.34. The third kappa shape index (κ3) is 3.27. The number of carbonyl (C=O) groups excluding carboxylic acids is 1. The van der Waals surface area contributed by atoms with Crippen molar-refractivity contribution in [2.24, 2.45) is 10.1 Å². The van der Waals surface area contributed by atoms with Crippen molar-refractivity contribution >= 4 is 39.8 Å². The van der Waals surface area contributed by atoms with Crippen LogP contribution < -0.4 is 10.1 Å². The molecule has 3 aliphatic rings. The molecule has 0 radical (unpaired) electrons. The Morgan fingerprint density at radius 2 is 2.32 bits per heavy atom. The van der Waals surface area contributed by atoms with E-state index in [2.05, 4.69) is 37.2 Å². The van der Waals surface area contributed by atoms with Gasteiger partial charge in [0.25, 0.3) is 11.7 Å². The fourth-order valence-electron chi connectivity index (χ4n) is 3.09. The van der Waals surface area contributed by atoms with Crippen LogP contribution in [0.15, 0.2) is 44.2 Å². The van der Waals surface area contributed by atoms with E-state index < -0.39 is 0 Å². The van der Waals surface area contributed by atoms with Crippen molar-refractivity contribution in [3.63, 3.8) is 0 Å². The van der Waals surface area contributed by atoms with Crippen LogP contribution >= 0.6 is 15.9 Å². The van der Waals surface area contributed by atoms with Gasteiger partial charge < -0.3 is 15.0 Å². The molecule has 0 spiro atoms. The van der Waals surface area contributed by atoms with Crippen LogP contribution in [0.2, 0.25) is 0 Å². The second-order valence-electron chi connectivity index (χ2n) is 6.53. The Hall–Kier alpha value is -2.77. The van der Waals surface area contributed by atoms with E-state index in [4.69, 9.17) is 4.74 Å². The second-order valence-corrected chi connectivity index (χ2v) is 7.32. The normalized spacial score (nSPS) is 21.1. The highest BCUT2D eigenvalue weighted by Crippen LogP contribution is 2.32. The summed E-state index contributed by atoms with van der Waals surface area (Å²) in [5.74, 6) is 3.94. The van der Waals surface area contributed by atoms with Gasteiger partial charge >= 0.3 is 5.82 Å². The topological polar surface area (TPSA) is 69.3 Å². The van der Waals surface area contributed by atoms with Crippen molar-refractivity contribution in [2.45, 2.75) is 26.5 Å². The van der Waals surface area contributed by atoms with Gasteiger partial charge in [-0.3, -0.25) is 4.79 Å². The number of carbonyl (C=O) groups is 1. The molecule has 0 fully saturated rings. The Bertz CT molecular complexity index is 1020. The fraction of sp³-hybridized carbons (Fsp3) is 0.316. The molecule has 1 amide bonds. The van der Waals surface area contributed by atoms with Gasteiger partial charge in [0.05, 0.1) is 29.9 Å². The molecule has 2 bridgehead atoms. The highest BCUT2D eigenvalue weighted by molar-refractivity contribution is 9.10. The van der Waals surface area contributed by atoms with Gasteiger partial charge in [0.15, 0.2) is 5.57 Å². The van der Waals surface area contributed by atoms with Crippen LogP contribution in [0.5, 0.6) is 5.75 Å². The SMILES string of the molecule is CCN1Cc2c(ccc(F)c2Br)O[C@@H](C)CNC(=O)C2=C3N=C1C=C=[N+]3N=C2. The smallest absolute Gasteiger partial charge is 0.373 e. The van der Waals surface area contributed by atoms with Gasteiger partial charge in [0.2, 0.25) is 0 Å². The van der Waals surface area contributed by atoms with Crippen molar-refractivity contribution in [1.82, 2.24) is 10.2 Å². The largest absolute Gasteiger partial charge is 0.488 e. The molecule has 0 aromatic heterocycles. The van der Waals surface area contributed by atoms with E-state index in [1.54, 1.807) is 12.1 Å². The zero-order valence-corrected chi connectivity index (χ0v) is 17.0. The average molecular weight is 447 g/mol. The predicted molar refractivity (Wildman–Crippen MR) is 106 cm³/mol. The first-order chi connectivity index (χ1) is 13.5. The van der Waals surface area contributed by atoms with Gasteiger partial charge in [0.1, 0.15) is 23.5 Å². The number of likely N-dealkylation sites (N-methyl/N-ethyl adjacent to an activating group) is 1. The number of benzene rings is 1. The Morgan fingerprint density at radius 1 is 1.50 bits per heavy atom. The minimum Gasteiger partial charge on any atom is -0.488 e. The number of hydrazone groups is 1. The Balaban J connectivity index is 1.84. The van der Waals surface area contributed by atoms with E-state index in [9.17, 15) is 9.18 Å². The molecule has 1 aromatic carbocycles. The first-order valence-electron chi connectivity index (χ1n) is 8.91. The number of hydrogen-bond donors (Lipinski definition) is 1. The third-order valence-corrected chi connectivity index (χ3v) is 5.47. The summed E-state index contributed by atoms with van der Waals surface area (Å²) in [4.78, 5) is 19.2. The maximum atomic E-state index is 14.2. The fourth-order valence-corrected chi connectivity index (χ4v) is 3.55. The molecule has 3 heterocycles. The summed E-state index contributed by atoms with van der Waals surface area (Å²) in [5, 5.41) is 6.98. The van der Waals surface area contributed by atoms with Gasteiger partial charge in [0, 0.05) is 12.1 Å². The first kappa shape index (κ1) is 18.6. The molecule has 0 saturated heterocycles. The number of ether oxygens (including phenoxy) is 1. The summed E-state index contributed by atoms with van der Waals surface area (Å²) in [6, 6.07) is 2.97. The number of amides is 1. The molecule has 7 nitrogen and oxygen atoms in total. The molecule has 9 heteroatoms. The van der Waals surface area contributed by atoms with E-state index in [0.29, 0.717) is 46.1 Å². The van der Waals surface area contributed by atoms with Gasteiger partial charge in [-0.25, -0.2) is 4.39 Å². The molecule has 0 unspecified atom stereocenters. The molecule has 0 aliphatic carbocycles. The number of aliphatic imine (C=N–C) groups is 1. The lowest BCUT2D eigenvalue weighted by molar-refractivity contribution is -0.472. The molecular weight excluding hydrogens is 429 g/mol. The van der Waals surface area contributed by atoms with E-state index in [1.165, 1.54) is 17.0 Å². The quantitative estimate of drug-likeness (QED) is 0.672. The van der Waals surface area contributed by atoms with Gasteiger partial charge in [-0.15, -0.1) is 0 Å². The number of hydrogen-bond acceptors (Lipinski definition) is 5. The summed E-state index contributed by atoms with van der Waals surface area (Å²) < 4.78 is 22.0. The zero-order chi connectivity index (χ0) is 19.8. The maximum absolute atomic E-state index is 14.2. The number of amidine groups is 1. The zero-order valence-electron chi connectivity index (χ0n) is 15.4. The average Bonchev–Trinajstić information content (AvgIpc) is 3.11. The monoisotopic (exact) mass is 446 g/mol. The minimum atomic E-state index is -0.364. The number of fused-ring (bicyclic) bond motifs is 1. The van der Waals surface area contributed by atoms with Crippen molar-refractivity contribution in [3.8, 4) is 5.75 Å². The number of rotatable bonds is 1. The molecule has 1 N–H and O–H groups in total. The first-order valence-corrected chi connectivity index (χ1v) is 9.70. The molecule has 1 atom stereocenters. The summed E-state index contributed by atoms with van der Waals surface area (Å²) in [6.07, 6.45) is 2.85. The minimum absolute atomic E-state index is 0.283. The summed E-state index contributed by atoms with van der Waals surface area (Å²) in [7, 11) is 0. The molecule has 0 saturated carbocycles. The van der Waals surface area contributed by atoms with Gasteiger partial charge in [-0.2, -0.15) is 0 Å². The van der Waals surface area contributed by atoms with E-state index in [0.717, 1.165) is 0 Å². The van der Waals surface area contributed by atoms with Crippen LogP contribution in [-0.4, -0.2) is 52.6 Å².